The van der Waals surface area contributed by atoms with Crippen LogP contribution in [0.15, 0.2) is 59.5 Å². The Morgan fingerprint density at radius 2 is 1.72 bits per heavy atom. The van der Waals surface area contributed by atoms with Crippen molar-refractivity contribution >= 4 is 27.7 Å². The topological polar surface area (TPSA) is 133 Å². The lowest BCUT2D eigenvalue weighted by Gasteiger charge is -2.41. The van der Waals surface area contributed by atoms with Gasteiger partial charge in [0.1, 0.15) is 6.04 Å². The molecule has 1 aliphatic heterocycles. The van der Waals surface area contributed by atoms with Gasteiger partial charge in [-0.3, -0.25) is 9.59 Å². The molecule has 0 bridgehead atoms. The molecule has 3 N–H and O–H groups in total. The van der Waals surface area contributed by atoms with Crippen molar-refractivity contribution in [3.63, 3.8) is 0 Å². The molecule has 2 fully saturated rings. The van der Waals surface area contributed by atoms with Gasteiger partial charge in [0.05, 0.1) is 16.2 Å². The number of sulfone groups is 1. The summed E-state index contributed by atoms with van der Waals surface area (Å²) in [4.78, 5) is 38.8. The number of hydrogen-bond donors (Lipinski definition) is 3. The van der Waals surface area contributed by atoms with E-state index >= 15 is 0 Å². The second-order valence-electron chi connectivity index (χ2n) is 9.81. The Morgan fingerprint density at radius 1 is 1.00 bits per heavy atom. The van der Waals surface area contributed by atoms with Crippen molar-refractivity contribution in [3.05, 3.63) is 65.7 Å². The van der Waals surface area contributed by atoms with Crippen LogP contribution in [0.3, 0.4) is 0 Å². The molecular weight excluding hydrogens is 539 g/mol. The van der Waals surface area contributed by atoms with Gasteiger partial charge in [-0.25, -0.2) is 13.2 Å². The van der Waals surface area contributed by atoms with Crippen molar-refractivity contribution in [2.45, 2.75) is 54.9 Å². The Morgan fingerprint density at radius 3 is 2.38 bits per heavy atom. The third kappa shape index (κ3) is 6.70. The van der Waals surface area contributed by atoms with Gasteiger partial charge in [0, 0.05) is 24.2 Å². The SMILES string of the molecule is O=C(O)NC1CC[C@H](N2CCC(NC(=O)c3cccc(C(F)(F)F)c3)C2=O)[C@H](CS(=O)(=O)c2ccccc2)C1. The van der Waals surface area contributed by atoms with Crippen LogP contribution in [0.4, 0.5) is 18.0 Å². The number of rotatable bonds is 7. The molecule has 4 atom stereocenters. The number of carbonyl (C=O) groups is 3. The van der Waals surface area contributed by atoms with Crippen molar-refractivity contribution in [1.82, 2.24) is 15.5 Å². The molecule has 1 heterocycles. The smallest absolute Gasteiger partial charge is 0.416 e. The predicted octanol–water partition coefficient (Wildman–Crippen LogP) is 3.31. The lowest BCUT2D eigenvalue weighted by molar-refractivity contribution is -0.137. The standard InChI is InChI=1S/C26H28F3N3O6S/c27-26(28,29)18-6-4-5-16(13-18)23(33)31-21-11-12-32(24(21)34)22-10-9-19(30-25(35)36)14-17(22)15-39(37,38)20-7-2-1-3-8-20/h1-8,13,17,19,21-22,30H,9-12,14-15H2,(H,31,33)(H,35,36)/t17-,19?,21?,22-/m0/s1. The zero-order chi connectivity index (χ0) is 28.4. The number of nitrogens with zero attached hydrogens (tertiary/aromatic N) is 1. The lowest BCUT2D eigenvalue weighted by atomic mass is 9.81. The third-order valence-corrected chi connectivity index (χ3v) is 9.06. The van der Waals surface area contributed by atoms with Crippen LogP contribution in [0.1, 0.15) is 41.6 Å². The summed E-state index contributed by atoms with van der Waals surface area (Å²) in [6.45, 7) is 0.218. The average molecular weight is 568 g/mol. The van der Waals surface area contributed by atoms with E-state index in [2.05, 4.69) is 10.6 Å². The zero-order valence-corrected chi connectivity index (χ0v) is 21.5. The highest BCUT2D eigenvalue weighted by Crippen LogP contribution is 2.34. The van der Waals surface area contributed by atoms with E-state index in [9.17, 15) is 36.0 Å². The van der Waals surface area contributed by atoms with E-state index in [-0.39, 0.29) is 35.6 Å². The minimum atomic E-state index is -4.63. The Hall–Kier alpha value is -3.61. The first kappa shape index (κ1) is 28.4. The fourth-order valence-electron chi connectivity index (χ4n) is 5.39. The van der Waals surface area contributed by atoms with E-state index in [0.29, 0.717) is 18.9 Å². The first-order valence-corrected chi connectivity index (χ1v) is 14.1. The van der Waals surface area contributed by atoms with Crippen molar-refractivity contribution in [2.75, 3.05) is 12.3 Å². The number of hydrogen-bond acceptors (Lipinski definition) is 5. The van der Waals surface area contributed by atoms with Crippen LogP contribution in [-0.4, -0.2) is 66.8 Å². The van der Waals surface area contributed by atoms with E-state index < -0.39 is 63.5 Å². The van der Waals surface area contributed by atoms with Crippen LogP contribution < -0.4 is 10.6 Å². The summed E-state index contributed by atoms with van der Waals surface area (Å²) in [5, 5.41) is 14.1. The van der Waals surface area contributed by atoms with E-state index in [1.807, 2.05) is 0 Å². The summed E-state index contributed by atoms with van der Waals surface area (Å²) < 4.78 is 65.4. The summed E-state index contributed by atoms with van der Waals surface area (Å²) in [5.41, 5.74) is -1.22. The van der Waals surface area contributed by atoms with Crippen molar-refractivity contribution in [2.24, 2.45) is 5.92 Å². The molecule has 2 aromatic carbocycles. The molecule has 3 amide bonds. The molecule has 9 nitrogen and oxygen atoms in total. The van der Waals surface area contributed by atoms with Crippen LogP contribution in [-0.2, 0) is 20.8 Å². The first-order valence-electron chi connectivity index (χ1n) is 12.4. The van der Waals surface area contributed by atoms with Crippen molar-refractivity contribution in [3.8, 4) is 0 Å². The van der Waals surface area contributed by atoms with Crippen LogP contribution in [0.25, 0.3) is 0 Å². The molecule has 4 rings (SSSR count). The second-order valence-corrected chi connectivity index (χ2v) is 11.8. The Bertz CT molecular complexity index is 1340. The molecule has 0 aromatic heterocycles. The molecule has 0 radical (unpaired) electrons. The fourth-order valence-corrected chi connectivity index (χ4v) is 7.08. The number of alkyl halides is 3. The lowest BCUT2D eigenvalue weighted by Crippen LogP contribution is -2.52. The summed E-state index contributed by atoms with van der Waals surface area (Å²) in [6, 6.07) is 9.75. The monoisotopic (exact) mass is 567 g/mol. The molecule has 13 heteroatoms. The zero-order valence-electron chi connectivity index (χ0n) is 20.7. The quantitative estimate of drug-likeness (QED) is 0.470. The maximum atomic E-state index is 13.3. The number of carboxylic acid groups (broad SMARTS) is 1. The highest BCUT2D eigenvalue weighted by molar-refractivity contribution is 7.91. The molecule has 1 saturated carbocycles. The van der Waals surface area contributed by atoms with Crippen molar-refractivity contribution in [1.29, 1.82) is 0 Å². The molecule has 2 aliphatic rings. The molecule has 39 heavy (non-hydrogen) atoms. The van der Waals surface area contributed by atoms with E-state index in [1.54, 1.807) is 18.2 Å². The minimum Gasteiger partial charge on any atom is -0.465 e. The van der Waals surface area contributed by atoms with Gasteiger partial charge in [0.25, 0.3) is 5.91 Å². The number of carbonyl (C=O) groups excluding carboxylic acids is 2. The molecule has 2 unspecified atom stereocenters. The van der Waals surface area contributed by atoms with Crippen LogP contribution in [0, 0.1) is 5.92 Å². The maximum Gasteiger partial charge on any atom is 0.416 e. The normalized spacial score (nSPS) is 23.9. The Balaban J connectivity index is 1.50. The van der Waals surface area contributed by atoms with Crippen LogP contribution >= 0.6 is 0 Å². The highest BCUT2D eigenvalue weighted by atomic mass is 32.2. The van der Waals surface area contributed by atoms with Crippen LogP contribution in [0.5, 0.6) is 0 Å². The van der Waals surface area contributed by atoms with Gasteiger partial charge >= 0.3 is 12.3 Å². The van der Waals surface area contributed by atoms with Crippen molar-refractivity contribution < 1.29 is 41.1 Å². The van der Waals surface area contributed by atoms with Crippen LogP contribution in [0.2, 0.25) is 0 Å². The second kappa shape index (κ2) is 11.2. The largest absolute Gasteiger partial charge is 0.465 e. The molecule has 2 aromatic rings. The van der Waals surface area contributed by atoms with Gasteiger partial charge in [-0.05, 0) is 61.9 Å². The van der Waals surface area contributed by atoms with Gasteiger partial charge < -0.3 is 20.6 Å². The number of amides is 3. The van der Waals surface area contributed by atoms with Gasteiger partial charge in [-0.15, -0.1) is 0 Å². The van der Waals surface area contributed by atoms with Gasteiger partial charge in [0.15, 0.2) is 9.84 Å². The maximum absolute atomic E-state index is 13.3. The molecule has 1 saturated heterocycles. The summed E-state index contributed by atoms with van der Waals surface area (Å²) in [7, 11) is -3.75. The summed E-state index contributed by atoms with van der Waals surface area (Å²) in [6.07, 6.45) is -4.70. The minimum absolute atomic E-state index is 0.121. The van der Waals surface area contributed by atoms with Gasteiger partial charge in [-0.1, -0.05) is 24.3 Å². The predicted molar refractivity (Wildman–Crippen MR) is 134 cm³/mol. The van der Waals surface area contributed by atoms with E-state index in [0.717, 1.165) is 12.1 Å². The van der Waals surface area contributed by atoms with Gasteiger partial charge in [0.2, 0.25) is 5.91 Å². The van der Waals surface area contributed by atoms with Gasteiger partial charge in [-0.2, -0.15) is 13.2 Å². The molecule has 210 valence electrons. The summed E-state index contributed by atoms with van der Waals surface area (Å²) in [5.74, 6) is -2.15. The highest BCUT2D eigenvalue weighted by Gasteiger charge is 2.44. The number of likely N-dealkylation sites (tertiary alicyclic amines) is 1. The number of halogens is 3. The number of nitrogens with one attached hydrogen (secondary N) is 2. The van der Waals surface area contributed by atoms with E-state index in [4.69, 9.17) is 5.11 Å². The molecule has 0 spiro atoms. The Labute approximate surface area is 223 Å². The fraction of sp³-hybridized carbons (Fsp3) is 0.423. The first-order chi connectivity index (χ1) is 18.3. The number of benzene rings is 2. The third-order valence-electron chi connectivity index (χ3n) is 7.20. The Kier molecular flexibility index (Phi) is 8.19. The summed E-state index contributed by atoms with van der Waals surface area (Å²) >= 11 is 0. The van der Waals surface area contributed by atoms with E-state index in [1.165, 1.54) is 23.1 Å². The molecular formula is C26H28F3N3O6S. The molecule has 1 aliphatic carbocycles. The average Bonchev–Trinajstić information content (AvgIpc) is 3.23.